The minimum atomic E-state index is -1.29. The number of nitrogens with one attached hydrogen (secondary N) is 2. The number of aliphatic carboxylic acids is 1. The van der Waals surface area contributed by atoms with Gasteiger partial charge in [-0.15, -0.1) is 0 Å². The fraction of sp³-hybridized carbons (Fsp3) is 0.750. The van der Waals surface area contributed by atoms with Crippen LogP contribution in [0.4, 0.5) is 0 Å². The molecule has 1 heterocycles. The Morgan fingerprint density at radius 3 is 2.60 bits per heavy atom. The second kappa shape index (κ2) is 5.06. The second-order valence-electron chi connectivity index (χ2n) is 3.43. The van der Waals surface area contributed by atoms with Crippen molar-refractivity contribution >= 4 is 11.9 Å². The summed E-state index contributed by atoms with van der Waals surface area (Å²) in [6.07, 6.45) is -0.331. The zero-order chi connectivity index (χ0) is 11.4. The van der Waals surface area contributed by atoms with Crippen LogP contribution in [0.5, 0.6) is 0 Å². The van der Waals surface area contributed by atoms with E-state index in [0.29, 0.717) is 6.54 Å². The molecule has 1 aliphatic heterocycles. The van der Waals surface area contributed by atoms with E-state index in [0.717, 1.165) is 0 Å². The molecule has 0 bridgehead atoms. The molecule has 5 N–H and O–H groups in total. The summed E-state index contributed by atoms with van der Waals surface area (Å²) < 4.78 is 0. The second-order valence-corrected chi connectivity index (χ2v) is 3.43. The van der Waals surface area contributed by atoms with Gasteiger partial charge in [-0.1, -0.05) is 0 Å². The Balaban J connectivity index is 2.44. The zero-order valence-corrected chi connectivity index (χ0v) is 8.01. The van der Waals surface area contributed by atoms with Crippen LogP contribution in [-0.2, 0) is 9.59 Å². The van der Waals surface area contributed by atoms with Crippen LogP contribution >= 0.6 is 0 Å². The summed E-state index contributed by atoms with van der Waals surface area (Å²) in [5.41, 5.74) is 0. The molecule has 0 unspecified atom stereocenters. The van der Waals surface area contributed by atoms with Crippen molar-refractivity contribution in [2.75, 3.05) is 13.2 Å². The molecule has 7 nitrogen and oxygen atoms in total. The van der Waals surface area contributed by atoms with E-state index < -0.39 is 36.7 Å². The van der Waals surface area contributed by atoms with E-state index in [9.17, 15) is 9.59 Å². The largest absolute Gasteiger partial charge is 0.480 e. The van der Waals surface area contributed by atoms with Crippen molar-refractivity contribution in [2.24, 2.45) is 0 Å². The van der Waals surface area contributed by atoms with Crippen molar-refractivity contribution < 1.29 is 24.9 Å². The first kappa shape index (κ1) is 11.9. The molecular formula is C8H14N2O5. The van der Waals surface area contributed by atoms with E-state index in [-0.39, 0.29) is 6.42 Å². The fourth-order valence-electron chi connectivity index (χ4n) is 1.37. The molecular weight excluding hydrogens is 204 g/mol. The Kier molecular flexibility index (Phi) is 4.01. The summed E-state index contributed by atoms with van der Waals surface area (Å²) in [4.78, 5) is 21.9. The molecule has 1 aliphatic rings. The van der Waals surface area contributed by atoms with Crippen molar-refractivity contribution in [2.45, 2.75) is 24.6 Å². The van der Waals surface area contributed by atoms with E-state index in [1.807, 2.05) is 0 Å². The fourth-order valence-corrected chi connectivity index (χ4v) is 1.37. The molecule has 15 heavy (non-hydrogen) atoms. The van der Waals surface area contributed by atoms with Crippen LogP contribution in [0.15, 0.2) is 0 Å². The molecule has 0 aromatic heterocycles. The van der Waals surface area contributed by atoms with E-state index in [1.165, 1.54) is 0 Å². The van der Waals surface area contributed by atoms with Crippen LogP contribution in [0.3, 0.4) is 0 Å². The van der Waals surface area contributed by atoms with Crippen LogP contribution in [-0.4, -0.2) is 58.5 Å². The Morgan fingerprint density at radius 2 is 2.20 bits per heavy atom. The highest BCUT2D eigenvalue weighted by atomic mass is 16.4. The Hall–Kier alpha value is -1.18. The molecule has 0 saturated carbocycles. The lowest BCUT2D eigenvalue weighted by Crippen LogP contribution is -2.49. The quantitative estimate of drug-likeness (QED) is 0.349. The summed E-state index contributed by atoms with van der Waals surface area (Å²) in [5, 5.41) is 31.3. The smallest absolute Gasteiger partial charge is 0.328 e. The SMILES string of the molecule is O=C(N[C@H](CO)C(=O)O)[C@@H]1C[C@H](O)CN1. The first-order valence-corrected chi connectivity index (χ1v) is 4.60. The predicted molar refractivity (Wildman–Crippen MR) is 49.1 cm³/mol. The maximum absolute atomic E-state index is 11.4. The highest BCUT2D eigenvalue weighted by molar-refractivity contribution is 5.87. The number of rotatable bonds is 4. The highest BCUT2D eigenvalue weighted by Crippen LogP contribution is 2.06. The summed E-state index contributed by atoms with van der Waals surface area (Å²) >= 11 is 0. The number of amides is 1. The van der Waals surface area contributed by atoms with Crippen molar-refractivity contribution in [1.29, 1.82) is 0 Å². The van der Waals surface area contributed by atoms with Gasteiger partial charge in [0.1, 0.15) is 6.04 Å². The van der Waals surface area contributed by atoms with Crippen LogP contribution in [0, 0.1) is 0 Å². The maximum Gasteiger partial charge on any atom is 0.328 e. The Bertz CT molecular complexity index is 257. The standard InChI is InChI=1S/C8H14N2O5/c11-3-6(8(14)15)10-7(13)5-1-4(12)2-9-5/h4-6,9,11-12H,1-3H2,(H,10,13)(H,14,15)/t4-,5-,6+/m0/s1. The molecule has 0 spiro atoms. The number of carbonyl (C=O) groups is 2. The molecule has 86 valence electrons. The molecule has 3 atom stereocenters. The van der Waals surface area contributed by atoms with Gasteiger partial charge in [-0.05, 0) is 6.42 Å². The van der Waals surface area contributed by atoms with E-state index >= 15 is 0 Å². The highest BCUT2D eigenvalue weighted by Gasteiger charge is 2.30. The van der Waals surface area contributed by atoms with Gasteiger partial charge in [0, 0.05) is 6.54 Å². The van der Waals surface area contributed by atoms with Gasteiger partial charge in [0.2, 0.25) is 5.91 Å². The van der Waals surface area contributed by atoms with Gasteiger partial charge in [0.25, 0.3) is 0 Å². The number of carboxylic acids is 1. The summed E-state index contributed by atoms with van der Waals surface area (Å²) in [6, 6.07) is -1.88. The van der Waals surface area contributed by atoms with Crippen molar-refractivity contribution in [3.8, 4) is 0 Å². The minimum absolute atomic E-state index is 0.254. The van der Waals surface area contributed by atoms with Crippen LogP contribution in [0.25, 0.3) is 0 Å². The van der Waals surface area contributed by atoms with E-state index in [4.69, 9.17) is 15.3 Å². The number of carboxylic acid groups (broad SMARTS) is 1. The molecule has 0 radical (unpaired) electrons. The molecule has 7 heteroatoms. The normalized spacial score (nSPS) is 27.3. The maximum atomic E-state index is 11.4. The van der Waals surface area contributed by atoms with Crippen molar-refractivity contribution in [3.63, 3.8) is 0 Å². The number of β-amino-alcohol motifs (C(OH)–C–C–N with tert-alkyl or cyclic N) is 1. The van der Waals surface area contributed by atoms with Gasteiger partial charge in [0.05, 0.1) is 18.8 Å². The number of aliphatic hydroxyl groups is 2. The van der Waals surface area contributed by atoms with Crippen LogP contribution in [0.2, 0.25) is 0 Å². The van der Waals surface area contributed by atoms with Crippen molar-refractivity contribution in [3.05, 3.63) is 0 Å². The minimum Gasteiger partial charge on any atom is -0.480 e. The first-order valence-electron chi connectivity index (χ1n) is 4.60. The van der Waals surface area contributed by atoms with E-state index in [1.54, 1.807) is 0 Å². The zero-order valence-electron chi connectivity index (χ0n) is 8.01. The molecule has 1 saturated heterocycles. The van der Waals surface area contributed by atoms with Gasteiger partial charge >= 0.3 is 5.97 Å². The van der Waals surface area contributed by atoms with Crippen LogP contribution < -0.4 is 10.6 Å². The molecule has 0 aromatic carbocycles. The van der Waals surface area contributed by atoms with Crippen LogP contribution in [0.1, 0.15) is 6.42 Å². The summed E-state index contributed by atoms with van der Waals surface area (Å²) in [5.74, 6) is -1.81. The topological polar surface area (TPSA) is 119 Å². The number of hydrogen-bond acceptors (Lipinski definition) is 5. The average Bonchev–Trinajstić information content (AvgIpc) is 2.60. The van der Waals surface area contributed by atoms with Gasteiger partial charge in [-0.3, -0.25) is 4.79 Å². The lowest BCUT2D eigenvalue weighted by Gasteiger charge is -2.15. The third-order valence-corrected chi connectivity index (χ3v) is 2.22. The summed E-state index contributed by atoms with van der Waals surface area (Å²) in [7, 11) is 0. The van der Waals surface area contributed by atoms with Gasteiger partial charge < -0.3 is 26.0 Å². The average molecular weight is 218 g/mol. The monoisotopic (exact) mass is 218 g/mol. The third kappa shape index (κ3) is 3.15. The molecule has 1 amide bonds. The predicted octanol–water partition coefficient (Wildman–Crippen LogP) is -2.73. The first-order chi connectivity index (χ1) is 7.04. The van der Waals surface area contributed by atoms with Gasteiger partial charge in [0.15, 0.2) is 0 Å². The van der Waals surface area contributed by atoms with Gasteiger partial charge in [-0.2, -0.15) is 0 Å². The Labute approximate surface area is 86.1 Å². The van der Waals surface area contributed by atoms with Crippen molar-refractivity contribution in [1.82, 2.24) is 10.6 Å². The summed E-state index contributed by atoms with van der Waals surface area (Å²) in [6.45, 7) is -0.342. The molecule has 1 rings (SSSR count). The molecule has 1 fully saturated rings. The third-order valence-electron chi connectivity index (χ3n) is 2.22. The Morgan fingerprint density at radius 1 is 1.53 bits per heavy atom. The molecule has 0 aromatic rings. The van der Waals surface area contributed by atoms with Gasteiger partial charge in [-0.25, -0.2) is 4.79 Å². The van der Waals surface area contributed by atoms with E-state index in [2.05, 4.69) is 10.6 Å². The molecule has 0 aliphatic carbocycles. The number of aliphatic hydroxyl groups excluding tert-OH is 2. The lowest BCUT2D eigenvalue weighted by molar-refractivity contribution is -0.143. The lowest BCUT2D eigenvalue weighted by atomic mass is 10.2. The number of carbonyl (C=O) groups excluding carboxylic acids is 1. The number of hydrogen-bond donors (Lipinski definition) is 5.